The van der Waals surface area contributed by atoms with Gasteiger partial charge in [0.15, 0.2) is 0 Å². The average Bonchev–Trinajstić information content (AvgIpc) is 3.29. The minimum absolute atomic E-state index is 0.136. The summed E-state index contributed by atoms with van der Waals surface area (Å²) in [5, 5.41) is 1.03. The zero-order valence-corrected chi connectivity index (χ0v) is 17.7. The Kier molecular flexibility index (Phi) is 4.50. The van der Waals surface area contributed by atoms with Crippen LogP contribution in [-0.2, 0) is 0 Å². The van der Waals surface area contributed by atoms with Gasteiger partial charge in [0.2, 0.25) is 0 Å². The molecule has 1 unspecified atom stereocenters. The Hall–Kier alpha value is -1.70. The summed E-state index contributed by atoms with van der Waals surface area (Å²) in [6.45, 7) is 8.76. The molecule has 1 amide bonds. The summed E-state index contributed by atoms with van der Waals surface area (Å²) in [6, 6.07) is 7.71. The van der Waals surface area contributed by atoms with E-state index in [1.807, 2.05) is 0 Å². The molecule has 154 valence electrons. The molecule has 1 aromatic carbocycles. The lowest BCUT2D eigenvalue weighted by atomic mass is 10.0. The van der Waals surface area contributed by atoms with E-state index in [4.69, 9.17) is 0 Å². The van der Waals surface area contributed by atoms with Gasteiger partial charge in [0.05, 0.1) is 4.70 Å². The van der Waals surface area contributed by atoms with Gasteiger partial charge in [-0.1, -0.05) is 0 Å². The van der Waals surface area contributed by atoms with Gasteiger partial charge < -0.3 is 14.7 Å². The fourth-order valence-electron chi connectivity index (χ4n) is 5.79. The number of nitrogens with zero attached hydrogens (tertiary/aromatic N) is 5. The highest BCUT2D eigenvalue weighted by molar-refractivity contribution is 7.13. The number of amides is 1. The SMILES string of the molecule is O=C(c1nsc2cc(N3CCN4CCCC4C3)ccc12)N1CCN2CCC1CC2. The lowest BCUT2D eigenvalue weighted by Gasteiger charge is -2.38. The smallest absolute Gasteiger partial charge is 0.274 e. The number of fused-ring (bicyclic) bond motifs is 6. The molecule has 0 N–H and O–H groups in total. The quantitative estimate of drug-likeness (QED) is 0.760. The second-order valence-electron chi connectivity index (χ2n) is 9.06. The predicted molar refractivity (Wildman–Crippen MR) is 117 cm³/mol. The first-order valence-electron chi connectivity index (χ1n) is 11.2. The van der Waals surface area contributed by atoms with Crippen LogP contribution in [0.25, 0.3) is 10.1 Å². The molecule has 5 fully saturated rings. The van der Waals surface area contributed by atoms with Gasteiger partial charge in [-0.05, 0) is 62.0 Å². The normalized spacial score (nSPS) is 30.0. The van der Waals surface area contributed by atoms with Crippen LogP contribution in [0.2, 0.25) is 0 Å². The van der Waals surface area contributed by atoms with Crippen LogP contribution in [-0.4, -0.2) is 89.4 Å². The molecule has 0 spiro atoms. The van der Waals surface area contributed by atoms with Gasteiger partial charge in [-0.25, -0.2) is 0 Å². The summed E-state index contributed by atoms with van der Waals surface area (Å²) < 4.78 is 5.77. The Balaban J connectivity index is 1.25. The van der Waals surface area contributed by atoms with E-state index >= 15 is 0 Å². The van der Waals surface area contributed by atoms with Gasteiger partial charge in [-0.2, -0.15) is 4.37 Å². The lowest BCUT2D eigenvalue weighted by molar-refractivity contribution is 0.0682. The summed E-state index contributed by atoms with van der Waals surface area (Å²) in [6.07, 6.45) is 4.87. The number of anilines is 1. The Morgan fingerprint density at radius 1 is 0.966 bits per heavy atom. The van der Waals surface area contributed by atoms with Crippen molar-refractivity contribution in [2.75, 3.05) is 57.3 Å². The van der Waals surface area contributed by atoms with Crippen LogP contribution in [0.3, 0.4) is 0 Å². The predicted octanol–water partition coefficient (Wildman–Crippen LogP) is 2.50. The summed E-state index contributed by atoms with van der Waals surface area (Å²) in [5.41, 5.74) is 1.95. The Labute approximate surface area is 176 Å². The zero-order chi connectivity index (χ0) is 19.4. The molecular formula is C22H29N5OS. The van der Waals surface area contributed by atoms with Crippen LogP contribution < -0.4 is 4.90 Å². The third kappa shape index (κ3) is 3.14. The van der Waals surface area contributed by atoms with Gasteiger partial charge in [-0.15, -0.1) is 0 Å². The number of carbonyl (C=O) groups excluding carboxylic acids is 1. The first-order chi connectivity index (χ1) is 14.3. The van der Waals surface area contributed by atoms with Crippen molar-refractivity contribution in [3.63, 3.8) is 0 Å². The maximum atomic E-state index is 13.4. The maximum Gasteiger partial charge on any atom is 0.274 e. The standard InChI is InChI=1S/C22H29N5OS/c28-22(27-13-10-24-8-5-16(27)6-9-24)21-19-4-3-17(14-20(19)29-23-21)26-12-11-25-7-1-2-18(25)15-26/h3-4,14,16,18H,1-2,5-13,15H2. The van der Waals surface area contributed by atoms with Crippen LogP contribution in [0.1, 0.15) is 36.2 Å². The van der Waals surface area contributed by atoms with E-state index in [1.54, 1.807) is 0 Å². The molecule has 2 aromatic rings. The van der Waals surface area contributed by atoms with Gasteiger partial charge in [0.25, 0.3) is 5.91 Å². The number of hydrogen-bond acceptors (Lipinski definition) is 6. The van der Waals surface area contributed by atoms with E-state index in [9.17, 15) is 4.79 Å². The number of rotatable bonds is 2. The van der Waals surface area contributed by atoms with Gasteiger partial charge in [-0.3, -0.25) is 9.69 Å². The molecule has 0 saturated carbocycles. The van der Waals surface area contributed by atoms with Crippen molar-refractivity contribution in [2.45, 2.75) is 37.8 Å². The van der Waals surface area contributed by atoms with E-state index < -0.39 is 0 Å². The van der Waals surface area contributed by atoms with Crippen molar-refractivity contribution in [3.05, 3.63) is 23.9 Å². The van der Waals surface area contributed by atoms with Crippen LogP contribution >= 0.6 is 11.5 Å². The Bertz CT molecular complexity index is 921. The average molecular weight is 412 g/mol. The van der Waals surface area contributed by atoms with Gasteiger partial charge >= 0.3 is 0 Å². The largest absolute Gasteiger partial charge is 0.369 e. The van der Waals surface area contributed by atoms with Crippen molar-refractivity contribution >= 4 is 33.2 Å². The van der Waals surface area contributed by atoms with E-state index in [0.29, 0.717) is 17.8 Å². The molecule has 6 heterocycles. The van der Waals surface area contributed by atoms with Crippen molar-refractivity contribution in [2.24, 2.45) is 0 Å². The van der Waals surface area contributed by atoms with E-state index in [0.717, 1.165) is 62.2 Å². The van der Waals surface area contributed by atoms with Crippen molar-refractivity contribution in [1.82, 2.24) is 19.1 Å². The number of benzene rings is 1. The summed E-state index contributed by atoms with van der Waals surface area (Å²) in [7, 11) is 0. The monoisotopic (exact) mass is 411 g/mol. The second kappa shape index (κ2) is 7.22. The molecule has 1 aromatic heterocycles. The third-order valence-corrected chi connectivity index (χ3v) is 8.33. The van der Waals surface area contributed by atoms with E-state index in [2.05, 4.69) is 42.2 Å². The van der Waals surface area contributed by atoms with Crippen molar-refractivity contribution in [3.8, 4) is 0 Å². The van der Waals surface area contributed by atoms with Crippen LogP contribution in [0.5, 0.6) is 0 Å². The molecule has 5 aliphatic heterocycles. The van der Waals surface area contributed by atoms with Crippen LogP contribution in [0, 0.1) is 0 Å². The lowest BCUT2D eigenvalue weighted by Crippen LogP contribution is -2.50. The van der Waals surface area contributed by atoms with Crippen LogP contribution in [0.4, 0.5) is 5.69 Å². The Morgan fingerprint density at radius 3 is 2.76 bits per heavy atom. The number of aromatic nitrogens is 1. The topological polar surface area (TPSA) is 42.9 Å². The minimum atomic E-state index is 0.136. The highest BCUT2D eigenvalue weighted by atomic mass is 32.1. The summed E-state index contributed by atoms with van der Waals surface area (Å²) >= 11 is 1.48. The molecule has 5 aliphatic rings. The van der Waals surface area contributed by atoms with Crippen molar-refractivity contribution < 1.29 is 4.79 Å². The molecule has 0 radical (unpaired) electrons. The first kappa shape index (κ1) is 18.1. The molecule has 2 bridgehead atoms. The first-order valence-corrected chi connectivity index (χ1v) is 12.0. The second-order valence-corrected chi connectivity index (χ2v) is 9.87. The van der Waals surface area contributed by atoms with Gasteiger partial charge in [0, 0.05) is 69.0 Å². The molecule has 5 saturated heterocycles. The molecule has 0 aliphatic carbocycles. The minimum Gasteiger partial charge on any atom is -0.369 e. The number of piperazine rings is 1. The number of carbonyl (C=O) groups is 1. The number of piperidine rings is 1. The van der Waals surface area contributed by atoms with Crippen molar-refractivity contribution in [1.29, 1.82) is 0 Å². The van der Waals surface area contributed by atoms with E-state index in [1.165, 1.54) is 43.2 Å². The molecule has 29 heavy (non-hydrogen) atoms. The molecule has 7 heteroatoms. The molecule has 1 atom stereocenters. The zero-order valence-electron chi connectivity index (χ0n) is 16.9. The highest BCUT2D eigenvalue weighted by Crippen LogP contribution is 2.32. The maximum absolute atomic E-state index is 13.4. The summed E-state index contributed by atoms with van der Waals surface area (Å²) in [4.78, 5) is 23.1. The molecule has 7 rings (SSSR count). The van der Waals surface area contributed by atoms with Gasteiger partial charge in [0.1, 0.15) is 5.69 Å². The van der Waals surface area contributed by atoms with E-state index in [-0.39, 0.29) is 5.91 Å². The van der Waals surface area contributed by atoms with Crippen LogP contribution in [0.15, 0.2) is 18.2 Å². The third-order valence-electron chi connectivity index (χ3n) is 7.53. The molecule has 6 nitrogen and oxygen atoms in total. The Morgan fingerprint density at radius 2 is 1.86 bits per heavy atom. The molecular weight excluding hydrogens is 382 g/mol. The number of hydrogen-bond donors (Lipinski definition) is 0. The summed E-state index contributed by atoms with van der Waals surface area (Å²) in [5.74, 6) is 0.136. The fraction of sp³-hybridized carbons (Fsp3) is 0.636. The fourth-order valence-corrected chi connectivity index (χ4v) is 6.60. The highest BCUT2D eigenvalue weighted by Gasteiger charge is 2.34.